The molecule has 1 N–H and O–H groups in total. The Morgan fingerprint density at radius 2 is 1.88 bits per heavy atom. The van der Waals surface area contributed by atoms with E-state index in [0.29, 0.717) is 11.3 Å². The molecule has 0 saturated carbocycles. The van der Waals surface area contributed by atoms with Crippen molar-refractivity contribution in [2.45, 2.75) is 25.8 Å². The van der Waals surface area contributed by atoms with Crippen LogP contribution in [-0.4, -0.2) is 31.6 Å². The Hall–Kier alpha value is -2.82. The highest BCUT2D eigenvalue weighted by atomic mass is 16.5. The predicted molar refractivity (Wildman–Crippen MR) is 98.0 cm³/mol. The topological polar surface area (TPSA) is 58.6 Å². The molecule has 1 aliphatic rings. The summed E-state index contributed by atoms with van der Waals surface area (Å²) < 4.78 is 4.77. The van der Waals surface area contributed by atoms with Gasteiger partial charge in [0.15, 0.2) is 0 Å². The fraction of sp³-hybridized carbons (Fsp3) is 0.300. The number of hydrogen-bond donors (Lipinski definition) is 1. The van der Waals surface area contributed by atoms with E-state index in [0.717, 1.165) is 18.5 Å². The van der Waals surface area contributed by atoms with E-state index >= 15 is 0 Å². The first-order chi connectivity index (χ1) is 12.1. The average Bonchev–Trinajstić information content (AvgIpc) is 2.64. The second kappa shape index (κ2) is 7.38. The van der Waals surface area contributed by atoms with E-state index in [4.69, 9.17) is 4.74 Å². The Morgan fingerprint density at radius 1 is 1.16 bits per heavy atom. The molecule has 1 atom stereocenters. The Labute approximate surface area is 147 Å². The molecule has 1 aliphatic heterocycles. The van der Waals surface area contributed by atoms with Crippen LogP contribution in [0.2, 0.25) is 0 Å². The lowest BCUT2D eigenvalue weighted by Crippen LogP contribution is -2.42. The van der Waals surface area contributed by atoms with Crippen LogP contribution in [0.1, 0.15) is 29.3 Å². The summed E-state index contributed by atoms with van der Waals surface area (Å²) in [7, 11) is 1.33. The van der Waals surface area contributed by atoms with Gasteiger partial charge in [-0.15, -0.1) is 0 Å². The lowest BCUT2D eigenvalue weighted by Gasteiger charge is -2.36. The fourth-order valence-electron chi connectivity index (χ4n) is 3.23. The number of carbonyl (C=O) groups excluding carboxylic acids is 2. The quantitative estimate of drug-likeness (QED) is 0.870. The standard InChI is InChI=1S/C20H22N2O3/c1-14-11-12-15-7-3-6-10-18(15)22(14)13-19(23)21-17-9-5-4-8-16(17)20(24)25-2/h3-10,14H,11-13H2,1-2H3,(H,21,23). The summed E-state index contributed by atoms with van der Waals surface area (Å²) >= 11 is 0. The van der Waals surface area contributed by atoms with Gasteiger partial charge in [0.2, 0.25) is 5.91 Å². The molecule has 2 aromatic rings. The SMILES string of the molecule is COC(=O)c1ccccc1NC(=O)CN1c2ccccc2CCC1C. The van der Waals surface area contributed by atoms with Crippen LogP contribution in [0.3, 0.4) is 0 Å². The molecule has 25 heavy (non-hydrogen) atoms. The molecule has 0 saturated heterocycles. The van der Waals surface area contributed by atoms with Crippen LogP contribution < -0.4 is 10.2 Å². The second-order valence-electron chi connectivity index (χ2n) is 6.23. The summed E-state index contributed by atoms with van der Waals surface area (Å²) in [5.74, 6) is -0.618. The van der Waals surface area contributed by atoms with Gasteiger partial charge in [-0.1, -0.05) is 30.3 Å². The van der Waals surface area contributed by atoms with Gasteiger partial charge in [-0.05, 0) is 43.5 Å². The summed E-state index contributed by atoms with van der Waals surface area (Å²) in [6.45, 7) is 2.37. The Balaban J connectivity index is 1.77. The molecule has 3 rings (SSSR count). The van der Waals surface area contributed by atoms with Gasteiger partial charge in [-0.2, -0.15) is 0 Å². The number of benzene rings is 2. The summed E-state index contributed by atoms with van der Waals surface area (Å²) in [6, 6.07) is 15.3. The molecular formula is C20H22N2O3. The van der Waals surface area contributed by atoms with Crippen LogP contribution in [0.25, 0.3) is 0 Å². The minimum Gasteiger partial charge on any atom is -0.465 e. The highest BCUT2D eigenvalue weighted by molar-refractivity contribution is 6.02. The van der Waals surface area contributed by atoms with Gasteiger partial charge in [0.05, 0.1) is 24.9 Å². The summed E-state index contributed by atoms with van der Waals surface area (Å²) in [4.78, 5) is 26.6. The van der Waals surface area contributed by atoms with E-state index in [2.05, 4.69) is 29.3 Å². The van der Waals surface area contributed by atoms with Crippen LogP contribution in [0.5, 0.6) is 0 Å². The monoisotopic (exact) mass is 338 g/mol. The number of ether oxygens (including phenoxy) is 1. The molecule has 0 radical (unpaired) electrons. The van der Waals surface area contributed by atoms with Gasteiger partial charge >= 0.3 is 5.97 Å². The lowest BCUT2D eigenvalue weighted by atomic mass is 9.96. The van der Waals surface area contributed by atoms with Crippen molar-refractivity contribution in [1.29, 1.82) is 0 Å². The molecule has 0 bridgehead atoms. The van der Waals surface area contributed by atoms with E-state index in [1.807, 2.05) is 12.1 Å². The number of esters is 1. The molecule has 5 nitrogen and oxygen atoms in total. The molecule has 0 aliphatic carbocycles. The van der Waals surface area contributed by atoms with E-state index < -0.39 is 5.97 Å². The van der Waals surface area contributed by atoms with E-state index in [1.54, 1.807) is 24.3 Å². The largest absolute Gasteiger partial charge is 0.465 e. The number of para-hydroxylation sites is 2. The maximum atomic E-state index is 12.6. The number of rotatable bonds is 4. The molecule has 1 heterocycles. The number of nitrogens with zero attached hydrogens (tertiary/aromatic N) is 1. The van der Waals surface area contributed by atoms with Crippen molar-refractivity contribution in [3.8, 4) is 0 Å². The normalized spacial score (nSPS) is 16.1. The Kier molecular flexibility index (Phi) is 5.03. The molecule has 0 aromatic heterocycles. The van der Waals surface area contributed by atoms with Crippen LogP contribution in [0.4, 0.5) is 11.4 Å². The molecular weight excluding hydrogens is 316 g/mol. The predicted octanol–water partition coefficient (Wildman–Crippen LogP) is 3.25. The van der Waals surface area contributed by atoms with Gasteiger partial charge in [0.1, 0.15) is 0 Å². The molecule has 2 aromatic carbocycles. The lowest BCUT2D eigenvalue weighted by molar-refractivity contribution is -0.115. The van der Waals surface area contributed by atoms with Gasteiger partial charge in [-0.25, -0.2) is 4.79 Å². The third-order valence-corrected chi connectivity index (χ3v) is 4.58. The van der Waals surface area contributed by atoms with Crippen molar-refractivity contribution in [2.24, 2.45) is 0 Å². The minimum atomic E-state index is -0.465. The number of anilines is 2. The summed E-state index contributed by atoms with van der Waals surface area (Å²) in [6.07, 6.45) is 2.05. The molecule has 0 spiro atoms. The van der Waals surface area contributed by atoms with E-state index in [9.17, 15) is 9.59 Å². The molecule has 1 amide bonds. The van der Waals surface area contributed by atoms with Gasteiger partial charge in [0.25, 0.3) is 0 Å². The first-order valence-corrected chi connectivity index (χ1v) is 8.42. The zero-order valence-electron chi connectivity index (χ0n) is 14.5. The summed E-state index contributed by atoms with van der Waals surface area (Å²) in [5, 5.41) is 2.84. The third-order valence-electron chi connectivity index (χ3n) is 4.58. The maximum Gasteiger partial charge on any atom is 0.339 e. The third kappa shape index (κ3) is 3.65. The van der Waals surface area contributed by atoms with Crippen molar-refractivity contribution < 1.29 is 14.3 Å². The zero-order valence-corrected chi connectivity index (χ0v) is 14.5. The number of carbonyl (C=O) groups is 2. The number of methoxy groups -OCH3 is 1. The Morgan fingerprint density at radius 3 is 2.68 bits per heavy atom. The van der Waals surface area contributed by atoms with Crippen molar-refractivity contribution >= 4 is 23.3 Å². The van der Waals surface area contributed by atoms with Gasteiger partial charge < -0.3 is 15.0 Å². The van der Waals surface area contributed by atoms with Crippen molar-refractivity contribution in [3.05, 3.63) is 59.7 Å². The smallest absolute Gasteiger partial charge is 0.339 e. The summed E-state index contributed by atoms with van der Waals surface area (Å²) in [5.41, 5.74) is 3.20. The zero-order chi connectivity index (χ0) is 17.8. The maximum absolute atomic E-state index is 12.6. The van der Waals surface area contributed by atoms with Crippen molar-refractivity contribution in [1.82, 2.24) is 0 Å². The van der Waals surface area contributed by atoms with E-state index in [1.165, 1.54) is 12.7 Å². The number of aryl methyl sites for hydroxylation is 1. The molecule has 0 fully saturated rings. The number of hydrogen-bond acceptors (Lipinski definition) is 4. The molecule has 1 unspecified atom stereocenters. The van der Waals surface area contributed by atoms with Crippen LogP contribution in [0.15, 0.2) is 48.5 Å². The van der Waals surface area contributed by atoms with Crippen LogP contribution in [0, 0.1) is 0 Å². The van der Waals surface area contributed by atoms with Crippen molar-refractivity contribution in [2.75, 3.05) is 23.9 Å². The van der Waals surface area contributed by atoms with E-state index in [-0.39, 0.29) is 18.5 Å². The second-order valence-corrected chi connectivity index (χ2v) is 6.23. The van der Waals surface area contributed by atoms with Crippen molar-refractivity contribution in [3.63, 3.8) is 0 Å². The average molecular weight is 338 g/mol. The highest BCUT2D eigenvalue weighted by Crippen LogP contribution is 2.30. The van der Waals surface area contributed by atoms with Gasteiger partial charge in [-0.3, -0.25) is 4.79 Å². The highest BCUT2D eigenvalue weighted by Gasteiger charge is 2.25. The minimum absolute atomic E-state index is 0.153. The number of fused-ring (bicyclic) bond motifs is 1. The van der Waals surface area contributed by atoms with Crippen LogP contribution in [-0.2, 0) is 16.0 Å². The fourth-order valence-corrected chi connectivity index (χ4v) is 3.23. The molecule has 5 heteroatoms. The first kappa shape index (κ1) is 17.0. The van der Waals surface area contributed by atoms with Crippen LogP contribution >= 0.6 is 0 Å². The first-order valence-electron chi connectivity index (χ1n) is 8.42. The van der Waals surface area contributed by atoms with Gasteiger partial charge in [0, 0.05) is 11.7 Å². The molecule has 130 valence electrons. The Bertz CT molecular complexity index is 788. The number of nitrogens with one attached hydrogen (secondary N) is 1. The number of amides is 1.